The van der Waals surface area contributed by atoms with Gasteiger partial charge in [0.1, 0.15) is 17.6 Å². The fraction of sp³-hybridized carbons (Fsp3) is 0. The predicted molar refractivity (Wildman–Crippen MR) is 59.8 cm³/mol. The highest BCUT2D eigenvalue weighted by Gasteiger charge is 2.11. The molecule has 1 heterocycles. The third-order valence-corrected chi connectivity index (χ3v) is 2.17. The molecule has 2 rings (SSSR count). The van der Waals surface area contributed by atoms with Gasteiger partial charge in [-0.1, -0.05) is 0 Å². The van der Waals surface area contributed by atoms with Crippen LogP contribution < -0.4 is 10.5 Å². The quantitative estimate of drug-likeness (QED) is 0.885. The second-order valence-corrected chi connectivity index (χ2v) is 3.37. The zero-order chi connectivity index (χ0) is 13.1. The molecule has 2 aromatic rings. The summed E-state index contributed by atoms with van der Waals surface area (Å²) in [6.07, 6.45) is 1.31. The van der Waals surface area contributed by atoms with Crippen molar-refractivity contribution in [1.82, 2.24) is 4.98 Å². The van der Waals surface area contributed by atoms with Crippen molar-refractivity contribution in [3.63, 3.8) is 0 Å². The first-order valence-corrected chi connectivity index (χ1v) is 4.89. The average Bonchev–Trinajstić information content (AvgIpc) is 2.35. The van der Waals surface area contributed by atoms with Crippen molar-refractivity contribution in [2.75, 3.05) is 5.73 Å². The summed E-state index contributed by atoms with van der Waals surface area (Å²) in [7, 11) is 0. The van der Waals surface area contributed by atoms with E-state index >= 15 is 0 Å². The topological polar surface area (TPSA) is 71.9 Å². The van der Waals surface area contributed by atoms with Gasteiger partial charge in [-0.3, -0.25) is 0 Å². The fourth-order valence-electron chi connectivity index (χ4n) is 1.29. The van der Waals surface area contributed by atoms with E-state index in [1.807, 2.05) is 6.07 Å². The minimum Gasteiger partial charge on any atom is -0.434 e. The first kappa shape index (κ1) is 11.8. The predicted octanol–water partition coefficient (Wildman–Crippen LogP) is 2.61. The van der Waals surface area contributed by atoms with Crippen LogP contribution in [-0.2, 0) is 0 Å². The van der Waals surface area contributed by atoms with Gasteiger partial charge in [0.2, 0.25) is 5.88 Å². The molecule has 1 aromatic heterocycles. The number of rotatable bonds is 2. The number of pyridine rings is 1. The van der Waals surface area contributed by atoms with Gasteiger partial charge in [0.25, 0.3) is 0 Å². The van der Waals surface area contributed by atoms with Crippen LogP contribution in [0.5, 0.6) is 11.6 Å². The van der Waals surface area contributed by atoms with E-state index in [2.05, 4.69) is 4.98 Å². The molecule has 2 N–H and O–H groups in total. The van der Waals surface area contributed by atoms with Gasteiger partial charge in [-0.25, -0.2) is 13.8 Å². The summed E-state index contributed by atoms with van der Waals surface area (Å²) in [6.45, 7) is 0. The lowest BCUT2D eigenvalue weighted by Crippen LogP contribution is -1.99. The molecule has 1 aromatic carbocycles. The van der Waals surface area contributed by atoms with Crippen molar-refractivity contribution in [3.8, 4) is 17.7 Å². The molecule has 0 radical (unpaired) electrons. The number of ether oxygens (including phenoxy) is 1. The largest absolute Gasteiger partial charge is 0.434 e. The Bertz CT molecular complexity index is 638. The SMILES string of the molecule is N#Cc1ccnc(Oc2ccc(F)cc2F)c1N. The third-order valence-electron chi connectivity index (χ3n) is 2.17. The van der Waals surface area contributed by atoms with Crippen molar-refractivity contribution in [1.29, 1.82) is 5.26 Å². The Hall–Kier alpha value is -2.68. The highest BCUT2D eigenvalue weighted by Crippen LogP contribution is 2.29. The van der Waals surface area contributed by atoms with Crippen molar-refractivity contribution in [3.05, 3.63) is 47.7 Å². The number of aromatic nitrogens is 1. The summed E-state index contributed by atoms with van der Waals surface area (Å²) in [5.41, 5.74) is 5.79. The van der Waals surface area contributed by atoms with Gasteiger partial charge in [0, 0.05) is 12.3 Å². The number of hydrogen-bond donors (Lipinski definition) is 1. The molecule has 0 aliphatic rings. The van der Waals surface area contributed by atoms with Gasteiger partial charge in [0.15, 0.2) is 11.6 Å². The van der Waals surface area contributed by atoms with Crippen molar-refractivity contribution < 1.29 is 13.5 Å². The van der Waals surface area contributed by atoms with Crippen molar-refractivity contribution in [2.24, 2.45) is 0 Å². The van der Waals surface area contributed by atoms with Crippen LogP contribution >= 0.6 is 0 Å². The molecular formula is C12H7F2N3O. The summed E-state index contributed by atoms with van der Waals surface area (Å²) in [5, 5.41) is 8.76. The summed E-state index contributed by atoms with van der Waals surface area (Å²) in [4.78, 5) is 3.79. The number of halogens is 2. The first-order valence-electron chi connectivity index (χ1n) is 4.89. The van der Waals surface area contributed by atoms with E-state index in [4.69, 9.17) is 15.7 Å². The van der Waals surface area contributed by atoms with E-state index < -0.39 is 11.6 Å². The molecule has 18 heavy (non-hydrogen) atoms. The highest BCUT2D eigenvalue weighted by atomic mass is 19.1. The number of nitriles is 1. The lowest BCUT2D eigenvalue weighted by molar-refractivity contribution is 0.425. The van der Waals surface area contributed by atoms with Crippen molar-refractivity contribution in [2.45, 2.75) is 0 Å². The van der Waals surface area contributed by atoms with Crippen LogP contribution in [0.4, 0.5) is 14.5 Å². The zero-order valence-electron chi connectivity index (χ0n) is 9.02. The normalized spacial score (nSPS) is 9.83. The van der Waals surface area contributed by atoms with Crippen LogP contribution in [0.25, 0.3) is 0 Å². The standard InChI is InChI=1S/C12H7F2N3O/c13-8-1-2-10(9(14)5-8)18-12-11(16)7(6-15)3-4-17-12/h1-5H,16H2. The lowest BCUT2D eigenvalue weighted by Gasteiger charge is -2.08. The molecule has 6 heteroatoms. The van der Waals surface area contributed by atoms with E-state index in [9.17, 15) is 8.78 Å². The number of anilines is 1. The Morgan fingerprint density at radius 1 is 1.28 bits per heavy atom. The molecule has 0 saturated carbocycles. The molecule has 0 aliphatic heterocycles. The molecule has 0 aliphatic carbocycles. The van der Waals surface area contributed by atoms with Gasteiger partial charge in [-0.15, -0.1) is 0 Å². The number of benzene rings is 1. The second kappa shape index (κ2) is 4.67. The Balaban J connectivity index is 2.38. The van der Waals surface area contributed by atoms with Crippen LogP contribution in [0.2, 0.25) is 0 Å². The van der Waals surface area contributed by atoms with E-state index in [0.29, 0.717) is 6.07 Å². The minimum atomic E-state index is -0.876. The maximum atomic E-state index is 13.4. The molecule has 0 spiro atoms. The molecule has 0 atom stereocenters. The van der Waals surface area contributed by atoms with Gasteiger partial charge in [-0.2, -0.15) is 5.26 Å². The summed E-state index contributed by atoms with van der Waals surface area (Å²) in [6, 6.07) is 6.09. The second-order valence-electron chi connectivity index (χ2n) is 3.37. The monoisotopic (exact) mass is 247 g/mol. The Labute approximate surface area is 101 Å². The Morgan fingerprint density at radius 3 is 2.72 bits per heavy atom. The van der Waals surface area contributed by atoms with E-state index in [0.717, 1.165) is 12.1 Å². The number of nitrogens with zero attached hydrogens (tertiary/aromatic N) is 2. The van der Waals surface area contributed by atoms with E-state index in [1.165, 1.54) is 12.3 Å². The van der Waals surface area contributed by atoms with Gasteiger partial charge >= 0.3 is 0 Å². The molecule has 0 unspecified atom stereocenters. The maximum Gasteiger partial charge on any atom is 0.244 e. The number of hydrogen-bond acceptors (Lipinski definition) is 4. The molecular weight excluding hydrogens is 240 g/mol. The smallest absolute Gasteiger partial charge is 0.244 e. The summed E-state index contributed by atoms with van der Waals surface area (Å²) < 4.78 is 31.2. The Kier molecular flexibility index (Phi) is 3.06. The molecule has 0 bridgehead atoms. The number of nitrogens with two attached hydrogens (primary N) is 1. The summed E-state index contributed by atoms with van der Waals surface area (Å²) in [5.74, 6) is -1.91. The first-order chi connectivity index (χ1) is 8.61. The van der Waals surface area contributed by atoms with E-state index in [-0.39, 0.29) is 22.9 Å². The molecule has 0 saturated heterocycles. The molecule has 0 fully saturated rings. The van der Waals surface area contributed by atoms with Crippen LogP contribution in [0.1, 0.15) is 5.56 Å². The third kappa shape index (κ3) is 2.20. The zero-order valence-corrected chi connectivity index (χ0v) is 9.02. The lowest BCUT2D eigenvalue weighted by atomic mass is 10.2. The number of nitrogen functional groups attached to an aromatic ring is 1. The molecule has 4 nitrogen and oxygen atoms in total. The molecule has 90 valence electrons. The van der Waals surface area contributed by atoms with Crippen molar-refractivity contribution >= 4 is 5.69 Å². The maximum absolute atomic E-state index is 13.4. The van der Waals surface area contributed by atoms with Gasteiger partial charge in [-0.05, 0) is 18.2 Å². The average molecular weight is 247 g/mol. The fourth-order valence-corrected chi connectivity index (χ4v) is 1.29. The molecule has 0 amide bonds. The van der Waals surface area contributed by atoms with E-state index in [1.54, 1.807) is 0 Å². The van der Waals surface area contributed by atoms with Gasteiger partial charge in [0.05, 0.1) is 5.56 Å². The Morgan fingerprint density at radius 2 is 2.06 bits per heavy atom. The highest BCUT2D eigenvalue weighted by molar-refractivity contribution is 5.60. The van der Waals surface area contributed by atoms with Crippen LogP contribution in [0.15, 0.2) is 30.5 Å². The summed E-state index contributed by atoms with van der Waals surface area (Å²) >= 11 is 0. The van der Waals surface area contributed by atoms with Crippen LogP contribution in [0.3, 0.4) is 0 Å². The minimum absolute atomic E-state index is 0.00345. The van der Waals surface area contributed by atoms with Crippen LogP contribution in [-0.4, -0.2) is 4.98 Å². The van der Waals surface area contributed by atoms with Crippen LogP contribution in [0, 0.1) is 23.0 Å². The van der Waals surface area contributed by atoms with Gasteiger partial charge < -0.3 is 10.5 Å².